The lowest BCUT2D eigenvalue weighted by Crippen LogP contribution is -2.47. The van der Waals surface area contributed by atoms with E-state index in [2.05, 4.69) is 5.32 Å². The van der Waals surface area contributed by atoms with Gasteiger partial charge in [-0.3, -0.25) is 4.39 Å². The van der Waals surface area contributed by atoms with E-state index in [1.807, 2.05) is 7.05 Å². The van der Waals surface area contributed by atoms with Crippen LogP contribution in [0.2, 0.25) is 0 Å². The van der Waals surface area contributed by atoms with E-state index in [0.717, 1.165) is 12.8 Å². The quantitative estimate of drug-likeness (QED) is 0.752. The third kappa shape index (κ3) is 3.70. The van der Waals surface area contributed by atoms with E-state index in [9.17, 15) is 12.8 Å². The van der Waals surface area contributed by atoms with Gasteiger partial charge >= 0.3 is 0 Å². The molecule has 1 fully saturated rings. The number of rotatable bonds is 5. The van der Waals surface area contributed by atoms with Crippen LogP contribution in [0.3, 0.4) is 0 Å². The Morgan fingerprint density at radius 2 is 2.27 bits per heavy atom. The van der Waals surface area contributed by atoms with Crippen molar-refractivity contribution < 1.29 is 12.8 Å². The molecule has 0 aromatic heterocycles. The van der Waals surface area contributed by atoms with Crippen molar-refractivity contribution in [3.05, 3.63) is 0 Å². The average Bonchev–Trinajstić information content (AvgIpc) is 2.26. The Morgan fingerprint density at radius 3 is 2.87 bits per heavy atom. The van der Waals surface area contributed by atoms with Crippen molar-refractivity contribution in [2.24, 2.45) is 0 Å². The summed E-state index contributed by atoms with van der Waals surface area (Å²) in [5.74, 6) is -0.0695. The normalized spacial score (nSPS) is 24.3. The SMILES string of the molecule is CNC1CCCN(S(=O)(=O)CCCF)C1. The van der Waals surface area contributed by atoms with E-state index < -0.39 is 16.7 Å². The Kier molecular flexibility index (Phi) is 4.95. The predicted octanol–water partition coefficient (Wildman–Crippen LogP) is 0.360. The number of hydrogen-bond donors (Lipinski definition) is 1. The van der Waals surface area contributed by atoms with Gasteiger partial charge in [-0.25, -0.2) is 12.7 Å². The molecule has 0 amide bonds. The zero-order valence-electron chi connectivity index (χ0n) is 9.08. The third-order valence-corrected chi connectivity index (χ3v) is 4.64. The van der Waals surface area contributed by atoms with Crippen LogP contribution in [0.4, 0.5) is 4.39 Å². The second-order valence-corrected chi connectivity index (χ2v) is 5.93. The van der Waals surface area contributed by atoms with Crippen LogP contribution in [-0.4, -0.2) is 51.3 Å². The summed E-state index contributed by atoms with van der Waals surface area (Å²) in [7, 11) is -1.40. The molecule has 1 atom stereocenters. The van der Waals surface area contributed by atoms with Crippen molar-refractivity contribution in [3.63, 3.8) is 0 Å². The monoisotopic (exact) mass is 238 g/mol. The summed E-state index contributed by atoms with van der Waals surface area (Å²) in [6.07, 6.45) is 1.98. The highest BCUT2D eigenvalue weighted by molar-refractivity contribution is 7.89. The highest BCUT2D eigenvalue weighted by Crippen LogP contribution is 2.14. The zero-order chi connectivity index (χ0) is 11.3. The number of alkyl halides is 1. The Labute approximate surface area is 90.9 Å². The molecule has 1 rings (SSSR count). The number of halogens is 1. The molecule has 0 radical (unpaired) electrons. The highest BCUT2D eigenvalue weighted by atomic mass is 32.2. The van der Waals surface area contributed by atoms with E-state index in [0.29, 0.717) is 13.1 Å². The van der Waals surface area contributed by atoms with Crippen LogP contribution in [0.25, 0.3) is 0 Å². The summed E-state index contributed by atoms with van der Waals surface area (Å²) in [6, 6.07) is 0.235. The second kappa shape index (κ2) is 5.77. The summed E-state index contributed by atoms with van der Waals surface area (Å²) in [6.45, 7) is 0.528. The van der Waals surface area contributed by atoms with Gasteiger partial charge in [-0.05, 0) is 26.3 Å². The largest absolute Gasteiger partial charge is 0.316 e. The molecule has 0 saturated carbocycles. The molecule has 1 saturated heterocycles. The van der Waals surface area contributed by atoms with Crippen LogP contribution in [0.5, 0.6) is 0 Å². The minimum atomic E-state index is -3.24. The minimum Gasteiger partial charge on any atom is -0.316 e. The lowest BCUT2D eigenvalue weighted by Gasteiger charge is -2.31. The van der Waals surface area contributed by atoms with Gasteiger partial charge < -0.3 is 5.32 Å². The van der Waals surface area contributed by atoms with Crippen LogP contribution in [0, 0.1) is 0 Å². The van der Waals surface area contributed by atoms with Gasteiger partial charge in [-0.2, -0.15) is 0 Å². The lowest BCUT2D eigenvalue weighted by atomic mass is 10.1. The first kappa shape index (κ1) is 12.9. The summed E-state index contributed by atoms with van der Waals surface area (Å²) < 4.78 is 36.9. The van der Waals surface area contributed by atoms with Crippen molar-refractivity contribution in [2.75, 3.05) is 32.6 Å². The van der Waals surface area contributed by atoms with Crippen LogP contribution in [0.15, 0.2) is 0 Å². The highest BCUT2D eigenvalue weighted by Gasteiger charge is 2.27. The van der Waals surface area contributed by atoms with Gasteiger partial charge in [0, 0.05) is 19.1 Å². The first-order valence-corrected chi connectivity index (χ1v) is 6.92. The number of hydrogen-bond acceptors (Lipinski definition) is 3. The first-order chi connectivity index (χ1) is 7.10. The van der Waals surface area contributed by atoms with E-state index >= 15 is 0 Å². The number of nitrogens with zero attached hydrogens (tertiary/aromatic N) is 1. The van der Waals surface area contributed by atoms with Gasteiger partial charge in [0.15, 0.2) is 0 Å². The molecule has 6 heteroatoms. The minimum absolute atomic E-state index is 0.0695. The third-order valence-electron chi connectivity index (χ3n) is 2.72. The molecular weight excluding hydrogens is 219 g/mol. The van der Waals surface area contributed by atoms with Crippen molar-refractivity contribution in [1.29, 1.82) is 0 Å². The average molecular weight is 238 g/mol. The lowest BCUT2D eigenvalue weighted by molar-refractivity contribution is 0.292. The molecule has 0 aliphatic carbocycles. The van der Waals surface area contributed by atoms with Crippen molar-refractivity contribution in [1.82, 2.24) is 9.62 Å². The van der Waals surface area contributed by atoms with Gasteiger partial charge in [0.05, 0.1) is 12.4 Å². The van der Waals surface area contributed by atoms with Crippen LogP contribution in [-0.2, 0) is 10.0 Å². The van der Waals surface area contributed by atoms with E-state index in [4.69, 9.17) is 0 Å². The summed E-state index contributed by atoms with van der Waals surface area (Å²) in [4.78, 5) is 0. The fourth-order valence-electron chi connectivity index (χ4n) is 1.80. The molecule has 90 valence electrons. The van der Waals surface area contributed by atoms with Gasteiger partial charge in [0.1, 0.15) is 0 Å². The molecule has 15 heavy (non-hydrogen) atoms. The molecule has 0 spiro atoms. The van der Waals surface area contributed by atoms with Crippen LogP contribution < -0.4 is 5.32 Å². The van der Waals surface area contributed by atoms with Crippen LogP contribution >= 0.6 is 0 Å². The summed E-state index contributed by atoms with van der Waals surface area (Å²) in [5.41, 5.74) is 0. The summed E-state index contributed by atoms with van der Waals surface area (Å²) in [5, 5.41) is 3.08. The molecule has 1 aliphatic heterocycles. The molecule has 0 bridgehead atoms. The zero-order valence-corrected chi connectivity index (χ0v) is 9.89. The molecule has 1 unspecified atom stereocenters. The standard InChI is InChI=1S/C9H19FN2O2S/c1-11-9-4-2-6-12(8-9)15(13,14)7-3-5-10/h9,11H,2-8H2,1H3. The van der Waals surface area contributed by atoms with E-state index in [-0.39, 0.29) is 18.2 Å². The van der Waals surface area contributed by atoms with E-state index in [1.165, 1.54) is 4.31 Å². The fraction of sp³-hybridized carbons (Fsp3) is 1.00. The second-order valence-electron chi connectivity index (χ2n) is 3.84. The molecule has 1 aliphatic rings. The van der Waals surface area contributed by atoms with Crippen molar-refractivity contribution >= 4 is 10.0 Å². The Bertz CT molecular complexity index is 282. The number of likely N-dealkylation sites (N-methyl/N-ethyl adjacent to an activating group) is 1. The Morgan fingerprint density at radius 1 is 1.53 bits per heavy atom. The maximum absolute atomic E-state index is 11.9. The van der Waals surface area contributed by atoms with Crippen molar-refractivity contribution in [3.8, 4) is 0 Å². The number of sulfonamides is 1. The molecule has 4 nitrogen and oxygen atoms in total. The molecule has 0 aromatic rings. The number of nitrogens with one attached hydrogen (secondary N) is 1. The predicted molar refractivity (Wildman–Crippen MR) is 58.0 cm³/mol. The number of piperidine rings is 1. The smallest absolute Gasteiger partial charge is 0.214 e. The van der Waals surface area contributed by atoms with Gasteiger partial charge in [0.25, 0.3) is 0 Å². The molecular formula is C9H19FN2O2S. The summed E-state index contributed by atoms with van der Waals surface area (Å²) >= 11 is 0. The Hall–Kier alpha value is -0.200. The van der Waals surface area contributed by atoms with E-state index in [1.54, 1.807) is 0 Å². The fourth-order valence-corrected chi connectivity index (χ4v) is 3.34. The molecule has 0 aromatic carbocycles. The maximum Gasteiger partial charge on any atom is 0.214 e. The van der Waals surface area contributed by atoms with Crippen molar-refractivity contribution in [2.45, 2.75) is 25.3 Å². The maximum atomic E-state index is 11.9. The Balaban J connectivity index is 2.54. The first-order valence-electron chi connectivity index (χ1n) is 5.31. The van der Waals surface area contributed by atoms with Gasteiger partial charge in [-0.1, -0.05) is 0 Å². The molecule has 1 heterocycles. The van der Waals surface area contributed by atoms with Gasteiger partial charge in [-0.15, -0.1) is 0 Å². The topological polar surface area (TPSA) is 49.4 Å². The van der Waals surface area contributed by atoms with Crippen LogP contribution in [0.1, 0.15) is 19.3 Å². The van der Waals surface area contributed by atoms with Gasteiger partial charge in [0.2, 0.25) is 10.0 Å². The molecule has 1 N–H and O–H groups in total.